The third-order valence-corrected chi connectivity index (χ3v) is 4.30. The van der Waals surface area contributed by atoms with Crippen LogP contribution in [-0.2, 0) is 24.3 Å². The standard InChI is InChI=1S/C18H20N6O/c25-18(13-23-12-16(21-22-23)15-6-7-15)20-17-8-10-19-24(17)11-9-14-4-2-1-3-5-14/h1-5,8,10,12,15H,6-7,9,11,13H2,(H,20,25). The fourth-order valence-electron chi connectivity index (χ4n) is 2.78. The van der Waals surface area contributed by atoms with Crippen LogP contribution in [0, 0.1) is 0 Å². The van der Waals surface area contributed by atoms with Crippen molar-refractivity contribution in [2.75, 3.05) is 5.32 Å². The average molecular weight is 336 g/mol. The summed E-state index contributed by atoms with van der Waals surface area (Å²) in [7, 11) is 0. The minimum atomic E-state index is -0.131. The van der Waals surface area contributed by atoms with E-state index in [0.717, 1.165) is 12.1 Å². The highest BCUT2D eigenvalue weighted by Gasteiger charge is 2.26. The van der Waals surface area contributed by atoms with Crippen LogP contribution >= 0.6 is 0 Å². The van der Waals surface area contributed by atoms with Crippen LogP contribution < -0.4 is 5.32 Å². The Morgan fingerprint density at radius 3 is 2.84 bits per heavy atom. The molecule has 2 aromatic heterocycles. The largest absolute Gasteiger partial charge is 0.309 e. The van der Waals surface area contributed by atoms with Gasteiger partial charge in [0.25, 0.3) is 0 Å². The van der Waals surface area contributed by atoms with Crippen LogP contribution in [0.5, 0.6) is 0 Å². The molecule has 1 aromatic carbocycles. The van der Waals surface area contributed by atoms with Gasteiger partial charge in [0, 0.05) is 24.7 Å². The molecule has 1 fully saturated rings. The van der Waals surface area contributed by atoms with Crippen LogP contribution in [0.4, 0.5) is 5.82 Å². The number of rotatable bonds is 7. The molecule has 7 heteroatoms. The second kappa shape index (κ2) is 6.88. The fourth-order valence-corrected chi connectivity index (χ4v) is 2.78. The van der Waals surface area contributed by atoms with Crippen molar-refractivity contribution in [3.63, 3.8) is 0 Å². The number of aryl methyl sites for hydroxylation is 2. The Hall–Kier alpha value is -2.96. The first-order valence-corrected chi connectivity index (χ1v) is 8.53. The van der Waals surface area contributed by atoms with Crippen molar-refractivity contribution < 1.29 is 4.79 Å². The molecule has 1 N–H and O–H groups in total. The summed E-state index contributed by atoms with van der Waals surface area (Å²) >= 11 is 0. The van der Waals surface area contributed by atoms with Crippen LogP contribution in [0.1, 0.15) is 30.0 Å². The van der Waals surface area contributed by atoms with Crippen LogP contribution in [0.25, 0.3) is 0 Å². The Kier molecular flexibility index (Phi) is 4.28. The molecule has 0 unspecified atom stereocenters. The minimum Gasteiger partial charge on any atom is -0.309 e. The molecule has 7 nitrogen and oxygen atoms in total. The van der Waals surface area contributed by atoms with E-state index < -0.39 is 0 Å². The number of nitrogens with one attached hydrogen (secondary N) is 1. The molecule has 128 valence electrons. The maximum Gasteiger partial charge on any atom is 0.247 e. The number of nitrogens with zero attached hydrogens (tertiary/aromatic N) is 5. The van der Waals surface area contributed by atoms with Crippen molar-refractivity contribution >= 4 is 11.7 Å². The Balaban J connectivity index is 1.34. The number of amides is 1. The number of aromatic nitrogens is 5. The molecule has 1 saturated carbocycles. The van der Waals surface area contributed by atoms with E-state index >= 15 is 0 Å². The zero-order chi connectivity index (χ0) is 17.1. The SMILES string of the molecule is O=C(Cn1cc(C2CC2)nn1)Nc1ccnn1CCc1ccccc1. The number of hydrogen-bond donors (Lipinski definition) is 1. The molecule has 1 amide bonds. The van der Waals surface area contributed by atoms with Crippen LogP contribution in [-0.4, -0.2) is 30.7 Å². The van der Waals surface area contributed by atoms with E-state index in [1.807, 2.05) is 29.1 Å². The van der Waals surface area contributed by atoms with E-state index in [0.29, 0.717) is 18.3 Å². The third kappa shape index (κ3) is 3.93. The molecule has 0 bridgehead atoms. The van der Waals surface area contributed by atoms with Gasteiger partial charge in [-0.15, -0.1) is 5.10 Å². The molecule has 4 rings (SSSR count). The van der Waals surface area contributed by atoms with E-state index in [2.05, 4.69) is 32.9 Å². The maximum absolute atomic E-state index is 12.3. The van der Waals surface area contributed by atoms with Gasteiger partial charge in [-0.25, -0.2) is 9.36 Å². The molecule has 1 aliphatic rings. The molecule has 0 radical (unpaired) electrons. The summed E-state index contributed by atoms with van der Waals surface area (Å²) in [4.78, 5) is 12.3. The second-order valence-corrected chi connectivity index (χ2v) is 6.34. The third-order valence-electron chi connectivity index (χ3n) is 4.30. The molecule has 2 heterocycles. The molecule has 1 aliphatic carbocycles. The van der Waals surface area contributed by atoms with Crippen molar-refractivity contribution in [2.24, 2.45) is 0 Å². The van der Waals surface area contributed by atoms with E-state index in [1.165, 1.54) is 18.4 Å². The van der Waals surface area contributed by atoms with Crippen molar-refractivity contribution in [2.45, 2.75) is 38.3 Å². The predicted octanol–water partition coefficient (Wildman–Crippen LogP) is 2.23. The first-order valence-electron chi connectivity index (χ1n) is 8.53. The normalized spacial score (nSPS) is 13.8. The first kappa shape index (κ1) is 15.6. The van der Waals surface area contributed by atoms with Gasteiger partial charge in [-0.1, -0.05) is 35.5 Å². The predicted molar refractivity (Wildman–Crippen MR) is 93.0 cm³/mol. The topological polar surface area (TPSA) is 77.6 Å². The molecule has 3 aromatic rings. The highest BCUT2D eigenvalue weighted by Crippen LogP contribution is 2.38. The minimum absolute atomic E-state index is 0.131. The molecule has 0 saturated heterocycles. The van der Waals surface area contributed by atoms with Gasteiger partial charge in [-0.3, -0.25) is 4.79 Å². The van der Waals surface area contributed by atoms with Crippen molar-refractivity contribution in [3.8, 4) is 0 Å². The van der Waals surface area contributed by atoms with Gasteiger partial charge in [-0.2, -0.15) is 5.10 Å². The summed E-state index contributed by atoms with van der Waals surface area (Å²) in [5.41, 5.74) is 2.23. The Bertz CT molecular complexity index is 849. The highest BCUT2D eigenvalue weighted by molar-refractivity contribution is 5.89. The monoisotopic (exact) mass is 336 g/mol. The van der Waals surface area contributed by atoms with Crippen molar-refractivity contribution in [1.82, 2.24) is 24.8 Å². The van der Waals surface area contributed by atoms with E-state index in [4.69, 9.17) is 0 Å². The lowest BCUT2D eigenvalue weighted by molar-refractivity contribution is -0.117. The Morgan fingerprint density at radius 1 is 1.20 bits per heavy atom. The number of carbonyl (C=O) groups excluding carboxylic acids is 1. The quantitative estimate of drug-likeness (QED) is 0.718. The van der Waals surface area contributed by atoms with Crippen LogP contribution in [0.2, 0.25) is 0 Å². The van der Waals surface area contributed by atoms with E-state index in [-0.39, 0.29) is 12.5 Å². The van der Waals surface area contributed by atoms with Crippen molar-refractivity contribution in [3.05, 3.63) is 60.0 Å². The van der Waals surface area contributed by atoms with Crippen LogP contribution in [0.15, 0.2) is 48.8 Å². The van der Waals surface area contributed by atoms with Gasteiger partial charge in [0.15, 0.2) is 0 Å². The summed E-state index contributed by atoms with van der Waals surface area (Å²) in [6.07, 6.45) is 6.77. The number of benzene rings is 1. The molecule has 25 heavy (non-hydrogen) atoms. The lowest BCUT2D eigenvalue weighted by Gasteiger charge is -2.09. The van der Waals surface area contributed by atoms with Crippen molar-refractivity contribution in [1.29, 1.82) is 0 Å². The summed E-state index contributed by atoms with van der Waals surface area (Å²) in [6.45, 7) is 0.866. The van der Waals surface area contributed by atoms with Gasteiger partial charge in [0.1, 0.15) is 12.4 Å². The first-order chi connectivity index (χ1) is 12.3. The van der Waals surface area contributed by atoms with E-state index in [9.17, 15) is 4.79 Å². The second-order valence-electron chi connectivity index (χ2n) is 6.34. The Labute approximate surface area is 145 Å². The molecular weight excluding hydrogens is 316 g/mol. The summed E-state index contributed by atoms with van der Waals surface area (Å²) in [5.74, 6) is 1.11. The van der Waals surface area contributed by atoms with Crippen LogP contribution in [0.3, 0.4) is 0 Å². The van der Waals surface area contributed by atoms with Gasteiger partial charge in [0.05, 0.1) is 11.9 Å². The smallest absolute Gasteiger partial charge is 0.247 e. The lowest BCUT2D eigenvalue weighted by atomic mass is 10.1. The fraction of sp³-hybridized carbons (Fsp3) is 0.333. The molecule has 0 spiro atoms. The number of anilines is 1. The summed E-state index contributed by atoms with van der Waals surface area (Å²) in [6, 6.07) is 12.0. The lowest BCUT2D eigenvalue weighted by Crippen LogP contribution is -2.21. The Morgan fingerprint density at radius 2 is 2.04 bits per heavy atom. The molecule has 0 aliphatic heterocycles. The average Bonchev–Trinajstić information content (AvgIpc) is 3.22. The van der Waals surface area contributed by atoms with Gasteiger partial charge >= 0.3 is 0 Å². The maximum atomic E-state index is 12.3. The van der Waals surface area contributed by atoms with Gasteiger partial charge < -0.3 is 5.32 Å². The van der Waals surface area contributed by atoms with Gasteiger partial charge in [-0.05, 0) is 24.8 Å². The molecule has 0 atom stereocenters. The number of carbonyl (C=O) groups is 1. The molecular formula is C18H20N6O. The van der Waals surface area contributed by atoms with Gasteiger partial charge in [0.2, 0.25) is 5.91 Å². The number of hydrogen-bond acceptors (Lipinski definition) is 4. The zero-order valence-corrected chi connectivity index (χ0v) is 13.9. The van der Waals surface area contributed by atoms with E-state index in [1.54, 1.807) is 16.9 Å². The highest BCUT2D eigenvalue weighted by atomic mass is 16.2. The zero-order valence-electron chi connectivity index (χ0n) is 13.9. The summed E-state index contributed by atoms with van der Waals surface area (Å²) < 4.78 is 3.40. The summed E-state index contributed by atoms with van der Waals surface area (Å²) in [5, 5.41) is 15.3.